The second-order valence-corrected chi connectivity index (χ2v) is 10.5. The Morgan fingerprint density at radius 2 is 1.69 bits per heavy atom. The number of unbranched alkanes of at least 4 members (excludes halogenated alkanes) is 2. The van der Waals surface area contributed by atoms with Crippen molar-refractivity contribution in [2.24, 2.45) is 0 Å². The summed E-state index contributed by atoms with van der Waals surface area (Å²) < 4.78 is 5.36. The summed E-state index contributed by atoms with van der Waals surface area (Å²) in [5.74, 6) is -0.512. The van der Waals surface area contributed by atoms with Gasteiger partial charge in [0.15, 0.2) is 0 Å². The maximum atomic E-state index is 13.9. The molecule has 0 aliphatic carbocycles. The highest BCUT2D eigenvalue weighted by Crippen LogP contribution is 2.31. The maximum absolute atomic E-state index is 13.9. The number of ether oxygens (including phenoxy) is 1. The van der Waals surface area contributed by atoms with Crippen LogP contribution >= 0.6 is 12.6 Å². The molecule has 3 atom stereocenters. The van der Waals surface area contributed by atoms with Gasteiger partial charge in [0.25, 0.3) is 0 Å². The van der Waals surface area contributed by atoms with Gasteiger partial charge in [-0.15, -0.1) is 0 Å². The lowest BCUT2D eigenvalue weighted by Gasteiger charge is -2.39. The number of nitrogens with zero attached hydrogens (tertiary/aromatic N) is 1. The highest BCUT2D eigenvalue weighted by Gasteiger charge is 2.39. The minimum atomic E-state index is -0.943. The first-order valence-electron chi connectivity index (χ1n) is 12.6. The van der Waals surface area contributed by atoms with Crippen LogP contribution in [0.5, 0.6) is 0 Å². The molecule has 1 aromatic carbocycles. The Morgan fingerprint density at radius 1 is 1.09 bits per heavy atom. The van der Waals surface area contributed by atoms with Crippen molar-refractivity contribution in [3.05, 3.63) is 34.9 Å². The SMILES string of the molecule is CCCCCNC(=O)C(c1c(C)cccc1C)N(C(=O)C(CS)NC(=O)OC(C)(C)C)C(C)CC. The van der Waals surface area contributed by atoms with Crippen molar-refractivity contribution in [3.8, 4) is 0 Å². The van der Waals surface area contributed by atoms with Crippen LogP contribution in [0, 0.1) is 13.8 Å². The fourth-order valence-electron chi connectivity index (χ4n) is 3.95. The first-order chi connectivity index (χ1) is 16.4. The van der Waals surface area contributed by atoms with Crippen LogP contribution in [-0.4, -0.2) is 52.8 Å². The minimum Gasteiger partial charge on any atom is -0.444 e. The molecule has 198 valence electrons. The van der Waals surface area contributed by atoms with Crippen molar-refractivity contribution in [2.45, 2.75) is 105 Å². The topological polar surface area (TPSA) is 87.7 Å². The zero-order valence-corrected chi connectivity index (χ0v) is 23.6. The minimum absolute atomic E-state index is 0.0720. The molecule has 8 heteroatoms. The number of alkyl carbamates (subject to hydrolysis) is 1. The Balaban J connectivity index is 3.46. The van der Waals surface area contributed by atoms with Crippen molar-refractivity contribution in [3.63, 3.8) is 0 Å². The van der Waals surface area contributed by atoms with Crippen molar-refractivity contribution in [1.82, 2.24) is 15.5 Å². The van der Waals surface area contributed by atoms with Gasteiger partial charge < -0.3 is 20.3 Å². The van der Waals surface area contributed by atoms with E-state index in [0.29, 0.717) is 13.0 Å². The predicted octanol–water partition coefficient (Wildman–Crippen LogP) is 5.10. The van der Waals surface area contributed by atoms with E-state index >= 15 is 0 Å². The summed E-state index contributed by atoms with van der Waals surface area (Å²) in [6, 6.07) is 3.82. The van der Waals surface area contributed by atoms with Gasteiger partial charge in [0, 0.05) is 18.3 Å². The lowest BCUT2D eigenvalue weighted by atomic mass is 9.92. The average molecular weight is 508 g/mol. The second-order valence-electron chi connectivity index (χ2n) is 10.1. The van der Waals surface area contributed by atoms with Crippen LogP contribution in [0.2, 0.25) is 0 Å². The number of carbonyl (C=O) groups is 3. The molecule has 0 radical (unpaired) electrons. The zero-order valence-electron chi connectivity index (χ0n) is 22.7. The summed E-state index contributed by atoms with van der Waals surface area (Å²) in [7, 11) is 0. The number of benzene rings is 1. The van der Waals surface area contributed by atoms with E-state index in [4.69, 9.17) is 4.74 Å². The summed E-state index contributed by atoms with van der Waals surface area (Å²) in [6.07, 6.45) is 2.89. The summed E-state index contributed by atoms with van der Waals surface area (Å²) in [4.78, 5) is 41.7. The molecule has 0 aliphatic heterocycles. The monoisotopic (exact) mass is 507 g/mol. The number of aryl methyl sites for hydroxylation is 2. The number of amides is 3. The van der Waals surface area contributed by atoms with E-state index in [0.717, 1.165) is 36.0 Å². The van der Waals surface area contributed by atoms with Crippen LogP contribution < -0.4 is 10.6 Å². The van der Waals surface area contributed by atoms with E-state index in [2.05, 4.69) is 30.2 Å². The molecule has 1 rings (SSSR count). The van der Waals surface area contributed by atoms with Gasteiger partial charge in [-0.05, 0) is 71.1 Å². The summed E-state index contributed by atoms with van der Waals surface area (Å²) in [6.45, 7) is 15.7. The highest BCUT2D eigenvalue weighted by molar-refractivity contribution is 7.80. The van der Waals surface area contributed by atoms with Crippen LogP contribution in [0.3, 0.4) is 0 Å². The lowest BCUT2D eigenvalue weighted by molar-refractivity contribution is -0.144. The zero-order chi connectivity index (χ0) is 26.8. The molecule has 35 heavy (non-hydrogen) atoms. The summed E-state index contributed by atoms with van der Waals surface area (Å²) in [5.41, 5.74) is 1.97. The molecule has 3 amide bonds. The highest BCUT2D eigenvalue weighted by atomic mass is 32.1. The predicted molar refractivity (Wildman–Crippen MR) is 145 cm³/mol. The molecule has 0 saturated heterocycles. The van der Waals surface area contributed by atoms with Crippen LogP contribution in [-0.2, 0) is 14.3 Å². The first kappa shape index (κ1) is 30.8. The molecule has 0 fully saturated rings. The van der Waals surface area contributed by atoms with Gasteiger partial charge in [-0.25, -0.2) is 4.79 Å². The quantitative estimate of drug-likeness (QED) is 0.271. The summed E-state index contributed by atoms with van der Waals surface area (Å²) in [5, 5.41) is 5.71. The normalized spacial score (nSPS) is 14.0. The smallest absolute Gasteiger partial charge is 0.408 e. The van der Waals surface area contributed by atoms with Gasteiger partial charge in [0.05, 0.1) is 0 Å². The average Bonchev–Trinajstić information content (AvgIpc) is 2.77. The number of hydrogen-bond acceptors (Lipinski definition) is 5. The van der Waals surface area contributed by atoms with Gasteiger partial charge in [0.2, 0.25) is 11.8 Å². The van der Waals surface area contributed by atoms with Crippen LogP contribution in [0.1, 0.15) is 90.0 Å². The van der Waals surface area contributed by atoms with Crippen molar-refractivity contribution in [1.29, 1.82) is 0 Å². The molecule has 7 nitrogen and oxygen atoms in total. The van der Waals surface area contributed by atoms with Crippen molar-refractivity contribution in [2.75, 3.05) is 12.3 Å². The number of carbonyl (C=O) groups excluding carboxylic acids is 3. The molecular weight excluding hydrogens is 462 g/mol. The third-order valence-corrected chi connectivity index (χ3v) is 6.28. The van der Waals surface area contributed by atoms with Gasteiger partial charge in [-0.2, -0.15) is 12.6 Å². The van der Waals surface area contributed by atoms with E-state index in [1.165, 1.54) is 0 Å². The molecule has 0 spiro atoms. The van der Waals surface area contributed by atoms with Gasteiger partial charge >= 0.3 is 6.09 Å². The third kappa shape index (κ3) is 9.39. The third-order valence-electron chi connectivity index (χ3n) is 5.91. The summed E-state index contributed by atoms with van der Waals surface area (Å²) >= 11 is 4.34. The number of hydrogen-bond donors (Lipinski definition) is 3. The Kier molecular flexibility index (Phi) is 12.6. The Labute approximate surface area is 217 Å². The number of thiol groups is 1. The molecule has 0 aliphatic rings. The van der Waals surface area contributed by atoms with E-state index in [1.807, 2.05) is 45.9 Å². The van der Waals surface area contributed by atoms with Gasteiger partial charge in [-0.3, -0.25) is 9.59 Å². The van der Waals surface area contributed by atoms with Crippen molar-refractivity contribution < 1.29 is 19.1 Å². The van der Waals surface area contributed by atoms with Crippen LogP contribution in [0.4, 0.5) is 4.79 Å². The fraction of sp³-hybridized carbons (Fsp3) is 0.667. The Bertz CT molecular complexity index is 833. The van der Waals surface area contributed by atoms with E-state index in [1.54, 1.807) is 25.7 Å². The van der Waals surface area contributed by atoms with E-state index in [9.17, 15) is 14.4 Å². The van der Waals surface area contributed by atoms with E-state index < -0.39 is 23.8 Å². The molecule has 1 aromatic rings. The molecular formula is C27H45N3O4S. The fourth-order valence-corrected chi connectivity index (χ4v) is 4.20. The number of nitrogens with one attached hydrogen (secondary N) is 2. The molecule has 0 aromatic heterocycles. The van der Waals surface area contributed by atoms with Crippen LogP contribution in [0.25, 0.3) is 0 Å². The standard InChI is InChI=1S/C27H45N3O4S/c1-9-11-12-16-28-24(31)23(22-18(3)14-13-15-19(22)4)30(20(5)10-2)25(32)21(17-35)29-26(33)34-27(6,7)8/h13-15,20-21,23,35H,9-12,16-17H2,1-8H3,(H,28,31)(H,29,33). The molecule has 0 bridgehead atoms. The van der Waals surface area contributed by atoms with Gasteiger partial charge in [0.1, 0.15) is 17.7 Å². The Hall–Kier alpha value is -2.22. The molecule has 3 unspecified atom stereocenters. The molecule has 0 saturated carbocycles. The molecule has 2 N–H and O–H groups in total. The second kappa shape index (κ2) is 14.4. The van der Waals surface area contributed by atoms with Crippen LogP contribution in [0.15, 0.2) is 18.2 Å². The van der Waals surface area contributed by atoms with E-state index in [-0.39, 0.29) is 23.6 Å². The van der Waals surface area contributed by atoms with Gasteiger partial charge in [-0.1, -0.05) is 44.9 Å². The Morgan fingerprint density at radius 3 is 2.17 bits per heavy atom. The first-order valence-corrected chi connectivity index (χ1v) is 13.3. The van der Waals surface area contributed by atoms with Crippen molar-refractivity contribution >= 4 is 30.5 Å². The lowest BCUT2D eigenvalue weighted by Crippen LogP contribution is -2.56. The number of rotatable bonds is 12. The molecule has 0 heterocycles. The maximum Gasteiger partial charge on any atom is 0.408 e. The largest absolute Gasteiger partial charge is 0.444 e.